The molecule has 0 aliphatic heterocycles. The fourth-order valence-electron chi connectivity index (χ4n) is 13.6. The summed E-state index contributed by atoms with van der Waals surface area (Å²) in [5, 5.41) is 2.36. The van der Waals surface area contributed by atoms with Gasteiger partial charge in [0, 0.05) is 56.0 Å². The first-order chi connectivity index (χ1) is 45.2. The van der Waals surface area contributed by atoms with Crippen LogP contribution >= 0.6 is 0 Å². The predicted molar refractivity (Wildman–Crippen MR) is 406 cm³/mol. The molecule has 0 fully saturated rings. The highest BCUT2D eigenvalue weighted by atomic mass is 15.1. The number of hydrogen-bond donors (Lipinski definition) is 0. The van der Waals surface area contributed by atoms with Gasteiger partial charge in [-0.1, -0.05) is 249 Å². The average Bonchev–Trinajstić information content (AvgIpc) is 1.61. The van der Waals surface area contributed by atoms with Gasteiger partial charge in [-0.05, 0) is 224 Å². The lowest BCUT2D eigenvalue weighted by atomic mass is 9.81. The van der Waals surface area contributed by atoms with Crippen molar-refractivity contribution in [1.29, 1.82) is 0 Å². The van der Waals surface area contributed by atoms with Gasteiger partial charge >= 0.3 is 0 Å². The zero-order valence-electron chi connectivity index (χ0n) is 55.0. The first-order valence-electron chi connectivity index (χ1n) is 32.3. The molecule has 0 spiro atoms. The molecular formula is C90H81N3. The second kappa shape index (κ2) is 26.4. The van der Waals surface area contributed by atoms with E-state index in [2.05, 4.69) is 362 Å². The van der Waals surface area contributed by atoms with Gasteiger partial charge in [-0.25, -0.2) is 0 Å². The third-order valence-electron chi connectivity index (χ3n) is 18.2. The lowest BCUT2D eigenvalue weighted by Crippen LogP contribution is -2.16. The fourth-order valence-corrected chi connectivity index (χ4v) is 13.6. The lowest BCUT2D eigenvalue weighted by Gasteiger charge is -2.28. The molecule has 1 aliphatic rings. The van der Waals surface area contributed by atoms with Crippen LogP contribution in [0.1, 0.15) is 88.8 Å². The maximum atomic E-state index is 4.28. The minimum absolute atomic E-state index is 0.0662. The summed E-state index contributed by atoms with van der Waals surface area (Å²) < 4.78 is 2.40. The average molecular weight is 1200 g/mol. The number of anilines is 6. The minimum Gasteiger partial charge on any atom is -0.311 e. The standard InChI is InChI=1S/C90H81N3/c1-13-22-63(23-14-2)65-31-45-72(46-32-65)91(74-53-39-69(40-54-74)79(19-7)84(26-17-5)89(8,9)10)73-49-35-67(36-50-73)70-41-57-87-82(59-70)83-60-71(42-58-88(83)93(87)77-43-29-62(18-6)30-44-77)68-37-51-76(52-38-68)92(75-47-33-66(34-48-75)64(24-15-3)25-16-4)78-55-56-81-80-27-20-21-28-85(80)90(11,12)86(81)61-78/h13-61H,1,3,6-7H2,2,4-5,8-12H3/b23-14-,25-16-,26-17-,63-22+,64-24+,84-79-. The van der Waals surface area contributed by atoms with E-state index in [0.29, 0.717) is 0 Å². The van der Waals surface area contributed by atoms with Crippen molar-refractivity contribution in [1.82, 2.24) is 4.57 Å². The van der Waals surface area contributed by atoms with E-state index in [0.717, 1.165) is 112 Å². The summed E-state index contributed by atoms with van der Waals surface area (Å²) in [5.74, 6) is 0. The number of hydrogen-bond acceptors (Lipinski definition) is 2. The van der Waals surface area contributed by atoms with Crippen LogP contribution in [0, 0.1) is 5.41 Å². The van der Waals surface area contributed by atoms with Crippen molar-refractivity contribution in [2.24, 2.45) is 5.41 Å². The number of aromatic nitrogens is 1. The maximum Gasteiger partial charge on any atom is 0.0541 e. The van der Waals surface area contributed by atoms with Gasteiger partial charge in [-0.2, -0.15) is 0 Å². The van der Waals surface area contributed by atoms with Crippen LogP contribution in [0.3, 0.4) is 0 Å². The van der Waals surface area contributed by atoms with Gasteiger partial charge in [0.2, 0.25) is 0 Å². The van der Waals surface area contributed by atoms with Gasteiger partial charge in [0.1, 0.15) is 0 Å². The van der Waals surface area contributed by atoms with Crippen LogP contribution in [0.2, 0.25) is 0 Å². The Kier molecular flexibility index (Phi) is 17.7. The Hall–Kier alpha value is -11.0. The van der Waals surface area contributed by atoms with Gasteiger partial charge in [0.15, 0.2) is 0 Å². The molecule has 0 bridgehead atoms. The topological polar surface area (TPSA) is 11.4 Å². The number of fused-ring (bicyclic) bond motifs is 6. The van der Waals surface area contributed by atoms with E-state index in [1.165, 1.54) is 38.6 Å². The molecule has 10 aromatic carbocycles. The van der Waals surface area contributed by atoms with Crippen molar-refractivity contribution in [2.75, 3.05) is 9.80 Å². The Labute approximate surface area is 551 Å². The van der Waals surface area contributed by atoms with Crippen molar-refractivity contribution in [3.8, 4) is 39.1 Å². The van der Waals surface area contributed by atoms with Crippen molar-refractivity contribution in [3.05, 3.63) is 357 Å². The summed E-state index contributed by atoms with van der Waals surface area (Å²) in [7, 11) is 0. The number of nitrogens with zero attached hydrogens (tertiary/aromatic N) is 3. The molecule has 1 aliphatic carbocycles. The van der Waals surface area contributed by atoms with Crippen LogP contribution in [0.15, 0.2) is 323 Å². The summed E-state index contributed by atoms with van der Waals surface area (Å²) in [6.07, 6.45) is 24.4. The van der Waals surface area contributed by atoms with Crippen molar-refractivity contribution in [2.45, 2.75) is 60.8 Å². The van der Waals surface area contributed by atoms with Crippen LogP contribution in [-0.2, 0) is 5.41 Å². The number of allylic oxidation sites excluding steroid dienone is 15. The van der Waals surface area contributed by atoms with Crippen molar-refractivity contribution in [3.63, 3.8) is 0 Å². The van der Waals surface area contributed by atoms with Crippen molar-refractivity contribution < 1.29 is 0 Å². The quantitative estimate of drug-likeness (QED) is 0.0748. The first-order valence-corrected chi connectivity index (χ1v) is 32.3. The summed E-state index contributed by atoms with van der Waals surface area (Å²) in [6, 6.07) is 83.1. The van der Waals surface area contributed by atoms with E-state index in [4.69, 9.17) is 0 Å². The summed E-state index contributed by atoms with van der Waals surface area (Å²) in [5.41, 5.74) is 28.5. The summed E-state index contributed by atoms with van der Waals surface area (Å²) in [6.45, 7) is 34.0. The lowest BCUT2D eigenvalue weighted by molar-refractivity contribution is 0.519. The van der Waals surface area contributed by atoms with E-state index < -0.39 is 0 Å². The van der Waals surface area contributed by atoms with Gasteiger partial charge in [-0.3, -0.25) is 0 Å². The zero-order chi connectivity index (χ0) is 65.0. The largest absolute Gasteiger partial charge is 0.311 e. The smallest absolute Gasteiger partial charge is 0.0541 e. The van der Waals surface area contributed by atoms with Crippen LogP contribution in [-0.4, -0.2) is 4.57 Å². The first kappa shape index (κ1) is 62.2. The molecule has 0 saturated heterocycles. The molecule has 0 radical (unpaired) electrons. The molecule has 0 amide bonds. The molecule has 3 heteroatoms. The number of rotatable bonds is 19. The highest BCUT2D eigenvalue weighted by Gasteiger charge is 2.36. The Balaban J connectivity index is 0.933. The van der Waals surface area contributed by atoms with E-state index in [9.17, 15) is 0 Å². The Morgan fingerprint density at radius 3 is 1.28 bits per heavy atom. The summed E-state index contributed by atoms with van der Waals surface area (Å²) >= 11 is 0. The van der Waals surface area contributed by atoms with Crippen LogP contribution in [0.5, 0.6) is 0 Å². The normalized spacial score (nSPS) is 13.4. The molecular weight excluding hydrogens is 1120 g/mol. The molecule has 1 heterocycles. The predicted octanol–water partition coefficient (Wildman–Crippen LogP) is 25.9. The molecule has 93 heavy (non-hydrogen) atoms. The molecule has 3 nitrogen and oxygen atoms in total. The van der Waals surface area contributed by atoms with Crippen LogP contribution in [0.25, 0.3) is 83.7 Å². The molecule has 12 rings (SSSR count). The van der Waals surface area contributed by atoms with E-state index >= 15 is 0 Å². The highest BCUT2D eigenvalue weighted by molar-refractivity contribution is 6.12. The molecule has 0 unspecified atom stereocenters. The van der Waals surface area contributed by atoms with Gasteiger partial charge in [0.05, 0.1) is 11.0 Å². The molecule has 0 saturated carbocycles. The second-order valence-electron chi connectivity index (χ2n) is 25.4. The van der Waals surface area contributed by atoms with Crippen LogP contribution < -0.4 is 9.80 Å². The van der Waals surface area contributed by atoms with Crippen LogP contribution in [0.4, 0.5) is 34.1 Å². The third-order valence-corrected chi connectivity index (χ3v) is 18.2. The maximum absolute atomic E-state index is 4.28. The zero-order valence-corrected chi connectivity index (χ0v) is 55.0. The fraction of sp³-hybridized carbons (Fsp3) is 0.111. The van der Waals surface area contributed by atoms with Gasteiger partial charge in [0.25, 0.3) is 0 Å². The Morgan fingerprint density at radius 1 is 0.419 bits per heavy atom. The Bertz CT molecular complexity index is 4830. The van der Waals surface area contributed by atoms with E-state index in [1.807, 2.05) is 31.2 Å². The summed E-state index contributed by atoms with van der Waals surface area (Å²) in [4.78, 5) is 4.73. The third kappa shape index (κ3) is 12.1. The monoisotopic (exact) mass is 1200 g/mol. The molecule has 1 aromatic heterocycles. The highest BCUT2D eigenvalue weighted by Crippen LogP contribution is 2.51. The SMILES string of the molecule is C=C/C=C(\C=C/C)c1ccc(N(c2ccc(/C(C=C)=C(/C=C\C)C(C)(C)C)cc2)c2ccc(-c3ccc4c(c3)c3cc(-c5ccc(N(c6ccc(C(/C=C\C)=C/C=C)cc6)c6ccc7c(c6)C(C)(C)c6ccccc6-7)cc5)ccc3n4-c3ccc(C=C)cc3)cc2)cc1. The van der Waals surface area contributed by atoms with Crippen molar-refractivity contribution >= 4 is 78.7 Å². The molecule has 0 N–H and O–H groups in total. The Morgan fingerprint density at radius 2 is 0.839 bits per heavy atom. The molecule has 0 atom stereocenters. The van der Waals surface area contributed by atoms with E-state index in [-0.39, 0.29) is 10.8 Å². The van der Waals surface area contributed by atoms with Gasteiger partial charge < -0.3 is 14.4 Å². The minimum atomic E-state index is -0.149. The second-order valence-corrected chi connectivity index (χ2v) is 25.4. The number of benzene rings is 10. The van der Waals surface area contributed by atoms with E-state index in [1.54, 1.807) is 0 Å². The molecule has 456 valence electrons. The van der Waals surface area contributed by atoms with Gasteiger partial charge in [-0.15, -0.1) is 0 Å². The molecule has 11 aromatic rings.